The Morgan fingerprint density at radius 1 is 1.55 bits per heavy atom. The number of fused-ring (bicyclic) bond motifs is 1. The van der Waals surface area contributed by atoms with Gasteiger partial charge in [0.1, 0.15) is 0 Å². The maximum atomic E-state index is 12.1. The Bertz CT molecular complexity index is 445. The van der Waals surface area contributed by atoms with E-state index in [4.69, 9.17) is 4.74 Å². The number of rotatable bonds is 3. The monoisotopic (exact) mass is 300 g/mol. The van der Waals surface area contributed by atoms with Crippen LogP contribution in [-0.2, 0) is 16.0 Å². The molecule has 6 nitrogen and oxygen atoms in total. The molecule has 1 aromatic rings. The summed E-state index contributed by atoms with van der Waals surface area (Å²) in [6.45, 7) is 2.18. The highest BCUT2D eigenvalue weighted by Gasteiger charge is 2.25. The summed E-state index contributed by atoms with van der Waals surface area (Å²) in [6, 6.07) is 0.224. The summed E-state index contributed by atoms with van der Waals surface area (Å²) in [4.78, 5) is 12.1. The fourth-order valence-corrected chi connectivity index (χ4v) is 2.84. The van der Waals surface area contributed by atoms with E-state index in [0.29, 0.717) is 13.0 Å². The van der Waals surface area contributed by atoms with Crippen molar-refractivity contribution in [3.05, 3.63) is 17.5 Å². The molecule has 1 fully saturated rings. The van der Waals surface area contributed by atoms with Gasteiger partial charge in [0, 0.05) is 19.0 Å². The Hall–Kier alpha value is -1.11. The van der Waals surface area contributed by atoms with E-state index in [2.05, 4.69) is 20.8 Å². The molecule has 2 atom stereocenters. The van der Waals surface area contributed by atoms with Gasteiger partial charge in [0.15, 0.2) is 0 Å². The number of carbonyl (C=O) groups is 1. The van der Waals surface area contributed by atoms with Gasteiger partial charge in [0.25, 0.3) is 0 Å². The molecular formula is C13H21ClN4O2. The van der Waals surface area contributed by atoms with Crippen LogP contribution >= 0.6 is 12.4 Å². The predicted octanol–water partition coefficient (Wildman–Crippen LogP) is 0.704. The molecule has 1 saturated heterocycles. The Labute approximate surface area is 124 Å². The first-order chi connectivity index (χ1) is 9.33. The number of carbonyl (C=O) groups excluding carboxylic acids is 1. The van der Waals surface area contributed by atoms with E-state index < -0.39 is 0 Å². The van der Waals surface area contributed by atoms with Gasteiger partial charge >= 0.3 is 0 Å². The summed E-state index contributed by atoms with van der Waals surface area (Å²) >= 11 is 0. The molecule has 1 aliphatic heterocycles. The normalized spacial score (nSPS) is 25.4. The van der Waals surface area contributed by atoms with E-state index in [1.54, 1.807) is 0 Å². The minimum atomic E-state index is 0. The average molecular weight is 301 g/mol. The molecule has 2 unspecified atom stereocenters. The quantitative estimate of drug-likeness (QED) is 0.768. The smallest absolute Gasteiger partial charge is 0.222 e. The Morgan fingerprint density at radius 2 is 2.45 bits per heavy atom. The molecule has 2 heterocycles. The van der Waals surface area contributed by atoms with Crippen molar-refractivity contribution in [2.24, 2.45) is 0 Å². The number of H-pyrrole nitrogens is 1. The van der Waals surface area contributed by atoms with Crippen LogP contribution < -0.4 is 10.6 Å². The Balaban J connectivity index is 0.00000147. The largest absolute Gasteiger partial charge is 0.378 e. The summed E-state index contributed by atoms with van der Waals surface area (Å²) < 4.78 is 5.36. The zero-order valence-corrected chi connectivity index (χ0v) is 12.2. The van der Waals surface area contributed by atoms with Crippen LogP contribution in [0.25, 0.3) is 0 Å². The van der Waals surface area contributed by atoms with Gasteiger partial charge in [-0.1, -0.05) is 0 Å². The average Bonchev–Trinajstić information content (AvgIpc) is 2.89. The third-order valence-electron chi connectivity index (χ3n) is 3.80. The van der Waals surface area contributed by atoms with E-state index in [1.165, 1.54) is 5.56 Å². The summed E-state index contributed by atoms with van der Waals surface area (Å²) in [5.74, 6) is 0.0791. The van der Waals surface area contributed by atoms with Crippen LogP contribution in [-0.4, -0.2) is 41.9 Å². The Kier molecular flexibility index (Phi) is 5.39. The van der Waals surface area contributed by atoms with Crippen LogP contribution in [0.3, 0.4) is 0 Å². The summed E-state index contributed by atoms with van der Waals surface area (Å²) in [5.41, 5.74) is 2.31. The SMILES string of the molecule is Cl.O=C(CC1COCCN1)NC1CCCc2cn[nH]c21. The van der Waals surface area contributed by atoms with Gasteiger partial charge in [-0.2, -0.15) is 5.10 Å². The lowest BCUT2D eigenvalue weighted by Gasteiger charge is -2.26. The molecule has 1 aliphatic carbocycles. The number of nitrogens with zero attached hydrogens (tertiary/aromatic N) is 1. The highest BCUT2D eigenvalue weighted by molar-refractivity contribution is 5.85. The zero-order valence-electron chi connectivity index (χ0n) is 11.4. The molecule has 0 bridgehead atoms. The van der Waals surface area contributed by atoms with Crippen LogP contribution in [0.2, 0.25) is 0 Å². The van der Waals surface area contributed by atoms with Crippen molar-refractivity contribution in [3.8, 4) is 0 Å². The third-order valence-corrected chi connectivity index (χ3v) is 3.80. The van der Waals surface area contributed by atoms with Gasteiger partial charge in [0.2, 0.25) is 5.91 Å². The van der Waals surface area contributed by atoms with Crippen molar-refractivity contribution in [3.63, 3.8) is 0 Å². The number of amides is 1. The first-order valence-electron chi connectivity index (χ1n) is 6.95. The number of aromatic nitrogens is 2. The van der Waals surface area contributed by atoms with Crippen molar-refractivity contribution in [1.29, 1.82) is 0 Å². The molecule has 3 N–H and O–H groups in total. The van der Waals surface area contributed by atoms with E-state index in [1.807, 2.05) is 6.20 Å². The second kappa shape index (κ2) is 7.06. The first-order valence-corrected chi connectivity index (χ1v) is 6.95. The number of aryl methyl sites for hydroxylation is 1. The lowest BCUT2D eigenvalue weighted by atomic mass is 9.93. The lowest BCUT2D eigenvalue weighted by Crippen LogP contribution is -2.44. The third kappa shape index (κ3) is 3.50. The molecule has 7 heteroatoms. The highest BCUT2D eigenvalue weighted by Crippen LogP contribution is 2.27. The Morgan fingerprint density at radius 3 is 3.25 bits per heavy atom. The lowest BCUT2D eigenvalue weighted by molar-refractivity contribution is -0.123. The number of nitrogens with one attached hydrogen (secondary N) is 3. The van der Waals surface area contributed by atoms with Crippen LogP contribution in [0.15, 0.2) is 6.20 Å². The fraction of sp³-hybridized carbons (Fsp3) is 0.692. The number of halogens is 1. The second-order valence-electron chi connectivity index (χ2n) is 5.25. The molecule has 112 valence electrons. The fourth-order valence-electron chi connectivity index (χ4n) is 2.84. The molecule has 0 saturated carbocycles. The summed E-state index contributed by atoms with van der Waals surface area (Å²) in [7, 11) is 0. The maximum absolute atomic E-state index is 12.1. The molecular weight excluding hydrogens is 280 g/mol. The molecule has 1 aromatic heterocycles. The van der Waals surface area contributed by atoms with Crippen molar-refractivity contribution < 1.29 is 9.53 Å². The van der Waals surface area contributed by atoms with Gasteiger partial charge in [0.05, 0.1) is 31.1 Å². The number of ether oxygens (including phenoxy) is 1. The summed E-state index contributed by atoms with van der Waals surface area (Å²) in [6.07, 6.45) is 5.47. The number of morpholine rings is 1. The minimum absolute atomic E-state index is 0. The van der Waals surface area contributed by atoms with Gasteiger partial charge in [-0.15, -0.1) is 12.4 Å². The standard InChI is InChI=1S/C13H20N4O2.ClH/c18-12(6-10-8-19-5-4-14-10)16-11-3-1-2-9-7-15-17-13(9)11;/h7,10-11,14H,1-6,8H2,(H,15,17)(H,16,18);1H. The van der Waals surface area contributed by atoms with E-state index >= 15 is 0 Å². The molecule has 20 heavy (non-hydrogen) atoms. The van der Waals surface area contributed by atoms with Crippen LogP contribution in [0.5, 0.6) is 0 Å². The molecule has 1 amide bonds. The maximum Gasteiger partial charge on any atom is 0.222 e. The first kappa shape index (κ1) is 15.3. The van der Waals surface area contributed by atoms with Gasteiger partial charge < -0.3 is 15.4 Å². The van der Waals surface area contributed by atoms with Crippen molar-refractivity contribution in [1.82, 2.24) is 20.8 Å². The van der Waals surface area contributed by atoms with Crippen molar-refractivity contribution in [2.45, 2.75) is 37.8 Å². The van der Waals surface area contributed by atoms with Gasteiger partial charge in [-0.25, -0.2) is 0 Å². The van der Waals surface area contributed by atoms with Crippen LogP contribution in [0.1, 0.15) is 36.6 Å². The minimum Gasteiger partial charge on any atom is -0.378 e. The molecule has 0 spiro atoms. The molecule has 0 aromatic carbocycles. The molecule has 3 rings (SSSR count). The topological polar surface area (TPSA) is 79.0 Å². The van der Waals surface area contributed by atoms with Gasteiger partial charge in [-0.05, 0) is 24.8 Å². The van der Waals surface area contributed by atoms with E-state index in [0.717, 1.165) is 38.1 Å². The number of hydrogen-bond donors (Lipinski definition) is 3. The van der Waals surface area contributed by atoms with E-state index in [-0.39, 0.29) is 30.4 Å². The summed E-state index contributed by atoms with van der Waals surface area (Å²) in [5, 5.41) is 13.5. The molecule has 0 radical (unpaired) electrons. The number of aromatic amines is 1. The van der Waals surface area contributed by atoms with Crippen molar-refractivity contribution >= 4 is 18.3 Å². The van der Waals surface area contributed by atoms with E-state index in [9.17, 15) is 4.79 Å². The number of hydrogen-bond acceptors (Lipinski definition) is 4. The zero-order chi connectivity index (χ0) is 13.1. The van der Waals surface area contributed by atoms with Gasteiger partial charge in [-0.3, -0.25) is 9.89 Å². The molecule has 2 aliphatic rings. The predicted molar refractivity (Wildman–Crippen MR) is 76.9 cm³/mol. The van der Waals surface area contributed by atoms with Crippen LogP contribution in [0.4, 0.5) is 0 Å². The van der Waals surface area contributed by atoms with Crippen LogP contribution in [0, 0.1) is 0 Å². The highest BCUT2D eigenvalue weighted by atomic mass is 35.5. The van der Waals surface area contributed by atoms with Crippen molar-refractivity contribution in [2.75, 3.05) is 19.8 Å². The second-order valence-corrected chi connectivity index (χ2v) is 5.25.